The Labute approximate surface area is 134 Å². The van der Waals surface area contributed by atoms with Gasteiger partial charge < -0.3 is 15.2 Å². The smallest absolute Gasteiger partial charge is 0.163 e. The zero-order valence-electron chi connectivity index (χ0n) is 12.4. The average Bonchev–Trinajstić information content (AvgIpc) is 2.51. The molecule has 21 heavy (non-hydrogen) atoms. The summed E-state index contributed by atoms with van der Waals surface area (Å²) in [6, 6.07) is 3.89. The van der Waals surface area contributed by atoms with E-state index in [4.69, 9.17) is 4.74 Å². The predicted molar refractivity (Wildman–Crippen MR) is 89.0 cm³/mol. The quantitative estimate of drug-likeness (QED) is 0.770. The minimum absolute atomic E-state index is 0.162. The van der Waals surface area contributed by atoms with Gasteiger partial charge in [-0.3, -0.25) is 4.90 Å². The molecule has 2 rings (SSSR count). The molecule has 0 amide bonds. The highest BCUT2D eigenvalue weighted by Gasteiger charge is 2.27. The fourth-order valence-corrected chi connectivity index (χ4v) is 3.41. The normalized spacial score (nSPS) is 17.4. The number of allylic oxidation sites excluding steroid dienone is 1. The maximum atomic E-state index is 10.5. The number of nitrogens with zero attached hydrogens (tertiary/aromatic N) is 1. The van der Waals surface area contributed by atoms with Crippen molar-refractivity contribution < 1.29 is 9.84 Å². The molecule has 1 atom stereocenters. The standard InChI is InChI=1S/C16H23BrN2O2/c1-3-4-5-13(19-10-8-18-9-11-19)15-12(17)6-7-14(21-2)16(15)20/h3,6-7,13,18,20H,1,4-5,8-11H2,2H3/t13-/m0/s1. The Kier molecular flexibility index (Phi) is 6.08. The Morgan fingerprint density at radius 2 is 2.19 bits per heavy atom. The number of ether oxygens (including phenoxy) is 1. The van der Waals surface area contributed by atoms with Crippen LogP contribution in [-0.2, 0) is 0 Å². The van der Waals surface area contributed by atoms with Gasteiger partial charge in [0.15, 0.2) is 11.5 Å². The first kappa shape index (κ1) is 16.3. The molecule has 1 aromatic rings. The van der Waals surface area contributed by atoms with Crippen molar-refractivity contribution in [1.29, 1.82) is 0 Å². The predicted octanol–water partition coefficient (Wildman–Crippen LogP) is 3.08. The van der Waals surface area contributed by atoms with E-state index in [-0.39, 0.29) is 11.8 Å². The summed E-state index contributed by atoms with van der Waals surface area (Å²) in [7, 11) is 1.58. The lowest BCUT2D eigenvalue weighted by atomic mass is 9.98. The van der Waals surface area contributed by atoms with Crippen molar-refractivity contribution in [3.63, 3.8) is 0 Å². The summed E-state index contributed by atoms with van der Waals surface area (Å²) < 4.78 is 6.19. The van der Waals surface area contributed by atoms with Crippen LogP contribution in [-0.4, -0.2) is 43.3 Å². The molecule has 0 radical (unpaired) electrons. The first-order valence-electron chi connectivity index (χ1n) is 7.30. The van der Waals surface area contributed by atoms with E-state index in [2.05, 4.69) is 32.7 Å². The fraction of sp³-hybridized carbons (Fsp3) is 0.500. The molecule has 0 spiro atoms. The monoisotopic (exact) mass is 354 g/mol. The summed E-state index contributed by atoms with van der Waals surface area (Å²) in [6.07, 6.45) is 3.78. The summed E-state index contributed by atoms with van der Waals surface area (Å²) >= 11 is 3.59. The molecular weight excluding hydrogens is 332 g/mol. The van der Waals surface area contributed by atoms with Crippen LogP contribution in [0.15, 0.2) is 29.3 Å². The number of phenols is 1. The first-order valence-corrected chi connectivity index (χ1v) is 8.09. The molecule has 5 heteroatoms. The van der Waals surface area contributed by atoms with Crippen LogP contribution in [0.4, 0.5) is 0 Å². The van der Waals surface area contributed by atoms with Crippen molar-refractivity contribution in [3.8, 4) is 11.5 Å². The van der Waals surface area contributed by atoms with Gasteiger partial charge in [-0.2, -0.15) is 0 Å². The van der Waals surface area contributed by atoms with Crippen LogP contribution >= 0.6 is 15.9 Å². The summed E-state index contributed by atoms with van der Waals surface area (Å²) in [6.45, 7) is 7.73. The van der Waals surface area contributed by atoms with Crippen molar-refractivity contribution >= 4 is 15.9 Å². The maximum Gasteiger partial charge on any atom is 0.163 e. The second kappa shape index (κ2) is 7.82. The molecule has 2 N–H and O–H groups in total. The van der Waals surface area contributed by atoms with Gasteiger partial charge in [-0.1, -0.05) is 22.0 Å². The van der Waals surface area contributed by atoms with Gasteiger partial charge in [0, 0.05) is 42.3 Å². The van der Waals surface area contributed by atoms with E-state index < -0.39 is 0 Å². The molecule has 1 aromatic carbocycles. The van der Waals surface area contributed by atoms with E-state index in [0.717, 1.165) is 49.1 Å². The van der Waals surface area contributed by atoms with Crippen LogP contribution in [0.2, 0.25) is 0 Å². The number of benzene rings is 1. The molecule has 0 aromatic heterocycles. The van der Waals surface area contributed by atoms with Gasteiger partial charge in [-0.15, -0.1) is 6.58 Å². The van der Waals surface area contributed by atoms with E-state index in [9.17, 15) is 5.11 Å². The van der Waals surface area contributed by atoms with E-state index in [1.165, 1.54) is 0 Å². The van der Waals surface area contributed by atoms with E-state index in [0.29, 0.717) is 5.75 Å². The summed E-state index contributed by atoms with van der Waals surface area (Å²) in [5.74, 6) is 0.756. The van der Waals surface area contributed by atoms with Crippen molar-refractivity contribution in [2.75, 3.05) is 33.3 Å². The number of methoxy groups -OCH3 is 1. The Bertz CT molecular complexity index is 487. The fourth-order valence-electron chi connectivity index (χ4n) is 2.82. The zero-order valence-corrected chi connectivity index (χ0v) is 14.0. The van der Waals surface area contributed by atoms with Gasteiger partial charge in [-0.25, -0.2) is 0 Å². The Morgan fingerprint density at radius 1 is 1.48 bits per heavy atom. The third-order valence-corrected chi connectivity index (χ3v) is 4.61. The van der Waals surface area contributed by atoms with Crippen LogP contribution in [0.5, 0.6) is 11.5 Å². The van der Waals surface area contributed by atoms with E-state index >= 15 is 0 Å². The number of rotatable bonds is 6. The number of hydrogen-bond donors (Lipinski definition) is 2. The van der Waals surface area contributed by atoms with Crippen molar-refractivity contribution in [1.82, 2.24) is 10.2 Å². The lowest BCUT2D eigenvalue weighted by molar-refractivity contribution is 0.162. The van der Waals surface area contributed by atoms with E-state index in [1.54, 1.807) is 13.2 Å². The molecule has 1 saturated heterocycles. The van der Waals surface area contributed by atoms with Gasteiger partial charge in [0.25, 0.3) is 0 Å². The molecule has 116 valence electrons. The molecule has 0 saturated carbocycles. The zero-order chi connectivity index (χ0) is 15.2. The van der Waals surface area contributed by atoms with Crippen LogP contribution < -0.4 is 10.1 Å². The summed E-state index contributed by atoms with van der Waals surface area (Å²) in [5.41, 5.74) is 0.915. The van der Waals surface area contributed by atoms with Crippen LogP contribution in [0, 0.1) is 0 Å². The Morgan fingerprint density at radius 3 is 2.81 bits per heavy atom. The van der Waals surface area contributed by atoms with Gasteiger partial charge in [0.05, 0.1) is 7.11 Å². The average molecular weight is 355 g/mol. The molecule has 1 aliphatic heterocycles. The Balaban J connectivity index is 2.37. The highest BCUT2D eigenvalue weighted by atomic mass is 79.9. The summed E-state index contributed by atoms with van der Waals surface area (Å²) in [4.78, 5) is 2.42. The highest BCUT2D eigenvalue weighted by molar-refractivity contribution is 9.10. The third-order valence-electron chi connectivity index (χ3n) is 3.92. The molecule has 1 aliphatic rings. The van der Waals surface area contributed by atoms with Crippen molar-refractivity contribution in [2.45, 2.75) is 18.9 Å². The third kappa shape index (κ3) is 3.78. The second-order valence-electron chi connectivity index (χ2n) is 5.18. The van der Waals surface area contributed by atoms with Crippen LogP contribution in [0.3, 0.4) is 0 Å². The molecular formula is C16H23BrN2O2. The molecule has 4 nitrogen and oxygen atoms in total. The lowest BCUT2D eigenvalue weighted by Gasteiger charge is -2.36. The second-order valence-corrected chi connectivity index (χ2v) is 6.03. The van der Waals surface area contributed by atoms with Crippen molar-refractivity contribution in [3.05, 3.63) is 34.8 Å². The van der Waals surface area contributed by atoms with Crippen LogP contribution in [0.25, 0.3) is 0 Å². The van der Waals surface area contributed by atoms with Crippen molar-refractivity contribution in [2.24, 2.45) is 0 Å². The minimum Gasteiger partial charge on any atom is -0.504 e. The highest BCUT2D eigenvalue weighted by Crippen LogP contribution is 2.42. The Hall–Kier alpha value is -1.04. The number of phenolic OH excluding ortho intramolecular Hbond substituents is 1. The molecule has 1 fully saturated rings. The topological polar surface area (TPSA) is 44.7 Å². The number of nitrogens with one attached hydrogen (secondary N) is 1. The van der Waals surface area contributed by atoms with Gasteiger partial charge in [0.1, 0.15) is 0 Å². The molecule has 1 heterocycles. The number of hydrogen-bond acceptors (Lipinski definition) is 4. The number of aromatic hydroxyl groups is 1. The number of piperazine rings is 1. The lowest BCUT2D eigenvalue weighted by Crippen LogP contribution is -2.45. The van der Waals surface area contributed by atoms with Crippen LogP contribution in [0.1, 0.15) is 24.4 Å². The molecule has 0 unspecified atom stereocenters. The SMILES string of the molecule is C=CCC[C@@H](c1c(Br)ccc(OC)c1O)N1CCNCC1. The van der Waals surface area contributed by atoms with Gasteiger partial charge in [0.2, 0.25) is 0 Å². The largest absolute Gasteiger partial charge is 0.504 e. The van der Waals surface area contributed by atoms with Gasteiger partial charge in [-0.05, 0) is 25.0 Å². The maximum absolute atomic E-state index is 10.5. The van der Waals surface area contributed by atoms with Gasteiger partial charge >= 0.3 is 0 Å². The summed E-state index contributed by atoms with van der Waals surface area (Å²) in [5, 5.41) is 13.9. The first-order chi connectivity index (χ1) is 10.2. The van der Waals surface area contributed by atoms with E-state index in [1.807, 2.05) is 12.1 Å². The molecule has 0 aliphatic carbocycles. The number of halogens is 1. The molecule has 0 bridgehead atoms. The minimum atomic E-state index is 0.162.